The van der Waals surface area contributed by atoms with E-state index in [1.807, 2.05) is 4.90 Å². The summed E-state index contributed by atoms with van der Waals surface area (Å²) in [7, 11) is 0. The summed E-state index contributed by atoms with van der Waals surface area (Å²) in [4.78, 5) is 21.1. The molecular weight excluding hydrogens is 457 g/mol. The topological polar surface area (TPSA) is 57.7 Å². The molecule has 1 amide bonds. The van der Waals surface area contributed by atoms with Gasteiger partial charge in [-0.3, -0.25) is 9.69 Å². The Bertz CT molecular complexity index is 777. The number of pyridine rings is 1. The van der Waals surface area contributed by atoms with Crippen molar-refractivity contribution in [3.63, 3.8) is 0 Å². The number of aromatic nitrogens is 1. The zero-order chi connectivity index (χ0) is 24.0. The van der Waals surface area contributed by atoms with Crippen LogP contribution < -0.4 is 10.2 Å². The number of amides is 1. The predicted octanol–water partition coefficient (Wildman–Crippen LogP) is 4.22. The second-order valence-corrected chi connectivity index (χ2v) is 9.23. The first-order valence-electron chi connectivity index (χ1n) is 11.8. The lowest BCUT2D eigenvalue weighted by molar-refractivity contribution is -0.137. The number of nitrogens with zero attached hydrogens (tertiary/aromatic N) is 3. The van der Waals surface area contributed by atoms with Gasteiger partial charge < -0.3 is 15.0 Å². The molecule has 10 heteroatoms. The van der Waals surface area contributed by atoms with Crippen LogP contribution in [0.25, 0.3) is 0 Å². The summed E-state index contributed by atoms with van der Waals surface area (Å²) >= 11 is 6.09. The number of piperidine rings is 1. The highest BCUT2D eigenvalue weighted by Crippen LogP contribution is 2.34. The lowest BCUT2D eigenvalue weighted by Gasteiger charge is -2.39. The van der Waals surface area contributed by atoms with Gasteiger partial charge in [0.05, 0.1) is 23.8 Å². The number of morpholine rings is 1. The summed E-state index contributed by atoms with van der Waals surface area (Å²) in [6.07, 6.45) is -0.324. The Hall–Kier alpha value is -1.58. The first-order chi connectivity index (χ1) is 15.7. The average molecular weight is 491 g/mol. The van der Waals surface area contributed by atoms with Crippen molar-refractivity contribution in [2.45, 2.75) is 51.7 Å². The highest BCUT2D eigenvalue weighted by molar-refractivity contribution is 6.33. The summed E-state index contributed by atoms with van der Waals surface area (Å²) in [5, 5.41) is 3.16. The van der Waals surface area contributed by atoms with E-state index >= 15 is 0 Å². The summed E-state index contributed by atoms with van der Waals surface area (Å²) in [6, 6.07) is 1.20. The fraction of sp³-hybridized carbons (Fsp3) is 0.739. The number of anilines is 1. The lowest BCUT2D eigenvalue weighted by Crippen LogP contribution is -2.53. The molecule has 33 heavy (non-hydrogen) atoms. The molecule has 0 aromatic carbocycles. The van der Waals surface area contributed by atoms with Crippen molar-refractivity contribution in [2.75, 3.05) is 50.8 Å². The molecule has 1 N–H and O–H groups in total. The van der Waals surface area contributed by atoms with E-state index in [2.05, 4.69) is 29.0 Å². The largest absolute Gasteiger partial charge is 0.417 e. The Morgan fingerprint density at radius 1 is 1.21 bits per heavy atom. The van der Waals surface area contributed by atoms with Crippen LogP contribution in [0, 0.1) is 11.8 Å². The van der Waals surface area contributed by atoms with Crippen LogP contribution in [0.2, 0.25) is 5.02 Å². The van der Waals surface area contributed by atoms with E-state index in [4.69, 9.17) is 16.3 Å². The van der Waals surface area contributed by atoms with Crippen LogP contribution in [-0.2, 0) is 15.7 Å². The maximum atomic E-state index is 12.9. The van der Waals surface area contributed by atoms with Gasteiger partial charge in [-0.2, -0.15) is 13.2 Å². The lowest BCUT2D eigenvalue weighted by atomic mass is 9.91. The molecule has 1 aromatic rings. The van der Waals surface area contributed by atoms with E-state index < -0.39 is 11.7 Å². The number of rotatable bonds is 8. The van der Waals surface area contributed by atoms with Crippen LogP contribution in [0.15, 0.2) is 12.3 Å². The van der Waals surface area contributed by atoms with Gasteiger partial charge in [0.1, 0.15) is 5.82 Å². The van der Waals surface area contributed by atoms with Crippen LogP contribution >= 0.6 is 11.6 Å². The quantitative estimate of drug-likeness (QED) is 0.591. The average Bonchev–Trinajstić information content (AvgIpc) is 2.81. The number of ether oxygens (including phenoxy) is 1. The first-order valence-corrected chi connectivity index (χ1v) is 12.2. The zero-order valence-electron chi connectivity index (χ0n) is 19.3. The number of nitrogens with one attached hydrogen (secondary N) is 1. The molecule has 3 heterocycles. The molecule has 0 spiro atoms. The maximum absolute atomic E-state index is 12.9. The number of hydrogen-bond donors (Lipinski definition) is 1. The normalized spacial score (nSPS) is 19.7. The molecule has 2 aliphatic heterocycles. The molecule has 2 aliphatic rings. The Balaban J connectivity index is 1.54. The maximum Gasteiger partial charge on any atom is 0.417 e. The Kier molecular flexibility index (Phi) is 9.24. The molecule has 186 valence electrons. The van der Waals surface area contributed by atoms with Gasteiger partial charge in [0.2, 0.25) is 5.91 Å². The summed E-state index contributed by atoms with van der Waals surface area (Å²) in [5.74, 6) is 0.773. The first kappa shape index (κ1) is 26.0. The molecule has 1 aromatic heterocycles. The molecule has 6 nitrogen and oxygen atoms in total. The highest BCUT2D eigenvalue weighted by Gasteiger charge is 2.33. The van der Waals surface area contributed by atoms with Crippen LogP contribution in [-0.4, -0.2) is 67.8 Å². The van der Waals surface area contributed by atoms with E-state index in [9.17, 15) is 18.0 Å². The van der Waals surface area contributed by atoms with E-state index in [-0.39, 0.29) is 16.8 Å². The van der Waals surface area contributed by atoms with Crippen LogP contribution in [0.5, 0.6) is 0 Å². The summed E-state index contributed by atoms with van der Waals surface area (Å²) < 4.78 is 44.1. The van der Waals surface area contributed by atoms with Gasteiger partial charge in [0, 0.05) is 50.9 Å². The molecule has 3 rings (SSSR count). The van der Waals surface area contributed by atoms with Crippen molar-refractivity contribution >= 4 is 23.3 Å². The van der Waals surface area contributed by atoms with E-state index in [0.29, 0.717) is 50.3 Å². The highest BCUT2D eigenvalue weighted by atomic mass is 35.5. The predicted molar refractivity (Wildman–Crippen MR) is 122 cm³/mol. The number of carbonyl (C=O) groups excluding carboxylic acids is 1. The van der Waals surface area contributed by atoms with Gasteiger partial charge in [-0.15, -0.1) is 0 Å². The second-order valence-electron chi connectivity index (χ2n) is 8.83. The molecule has 0 radical (unpaired) electrons. The van der Waals surface area contributed by atoms with Gasteiger partial charge in [0.15, 0.2) is 0 Å². The third-order valence-electron chi connectivity index (χ3n) is 6.91. The van der Waals surface area contributed by atoms with Crippen molar-refractivity contribution < 1.29 is 22.7 Å². The molecular formula is C23H34ClF3N4O2. The van der Waals surface area contributed by atoms with Crippen LogP contribution in [0.4, 0.5) is 19.0 Å². The number of alkyl halides is 3. The van der Waals surface area contributed by atoms with Gasteiger partial charge in [-0.05, 0) is 24.8 Å². The van der Waals surface area contributed by atoms with E-state index in [1.54, 1.807) is 0 Å². The van der Waals surface area contributed by atoms with Crippen LogP contribution in [0.1, 0.15) is 45.1 Å². The standard InChI is InChI=1S/C23H34ClF3N4O2/c1-3-16(4-2)20(30-9-11-33-12-10-30)15-29-22(32)17-5-7-31(8-6-17)21-19(24)13-18(14-28-21)23(25,26)27/h13-14,16-17,20H,3-12,15H2,1-2H3,(H,29,32). The van der Waals surface area contributed by atoms with Gasteiger partial charge >= 0.3 is 6.18 Å². The van der Waals surface area contributed by atoms with Crippen LogP contribution in [0.3, 0.4) is 0 Å². The Morgan fingerprint density at radius 3 is 2.39 bits per heavy atom. The fourth-order valence-electron chi connectivity index (χ4n) is 4.86. The monoisotopic (exact) mass is 490 g/mol. The van der Waals surface area contributed by atoms with E-state index in [0.717, 1.165) is 51.4 Å². The minimum Gasteiger partial charge on any atom is -0.379 e. The molecule has 2 fully saturated rings. The third kappa shape index (κ3) is 6.73. The number of halogens is 4. The Morgan fingerprint density at radius 2 is 1.85 bits per heavy atom. The Labute approximate surface area is 198 Å². The zero-order valence-corrected chi connectivity index (χ0v) is 20.1. The minimum absolute atomic E-state index is 0.0220. The molecule has 0 aliphatic carbocycles. The van der Waals surface area contributed by atoms with Gasteiger partial charge in [0.25, 0.3) is 0 Å². The molecule has 1 atom stereocenters. The fourth-order valence-corrected chi connectivity index (χ4v) is 5.14. The summed E-state index contributed by atoms with van der Waals surface area (Å²) in [6.45, 7) is 9.28. The molecule has 1 unspecified atom stereocenters. The van der Waals surface area contributed by atoms with Crippen molar-refractivity contribution in [1.29, 1.82) is 0 Å². The molecule has 2 saturated heterocycles. The van der Waals surface area contributed by atoms with Crippen molar-refractivity contribution in [1.82, 2.24) is 15.2 Å². The smallest absolute Gasteiger partial charge is 0.379 e. The van der Waals surface area contributed by atoms with Crippen molar-refractivity contribution in [3.8, 4) is 0 Å². The van der Waals surface area contributed by atoms with Crippen molar-refractivity contribution in [3.05, 3.63) is 22.8 Å². The SMILES string of the molecule is CCC(CC)C(CNC(=O)C1CCN(c2ncc(C(F)(F)F)cc2Cl)CC1)N1CCOCC1. The number of carbonyl (C=O) groups is 1. The van der Waals surface area contributed by atoms with Crippen molar-refractivity contribution in [2.24, 2.45) is 11.8 Å². The number of hydrogen-bond acceptors (Lipinski definition) is 5. The van der Waals surface area contributed by atoms with E-state index in [1.165, 1.54) is 0 Å². The third-order valence-corrected chi connectivity index (χ3v) is 7.19. The van der Waals surface area contributed by atoms with Gasteiger partial charge in [-0.25, -0.2) is 4.98 Å². The minimum atomic E-state index is -4.48. The summed E-state index contributed by atoms with van der Waals surface area (Å²) in [5.41, 5.74) is -0.863. The second kappa shape index (κ2) is 11.7. The van der Waals surface area contributed by atoms with Gasteiger partial charge in [-0.1, -0.05) is 38.3 Å². The molecule has 0 bridgehead atoms. The molecule has 0 saturated carbocycles.